The van der Waals surface area contributed by atoms with Gasteiger partial charge in [0.2, 0.25) is 0 Å². The number of rotatable bonds is 23. The fourth-order valence-corrected chi connectivity index (χ4v) is 10.9. The smallest absolute Gasteiger partial charge is 0.288 e. The molecule has 2 amide bonds. The SMILES string of the molecule is C=CC1=C(/C=C\C)C[C@H]2C(S(=O)(=O)O)Nc3cc(OCc4cc(COc5cc6c(cc5OC)C(=O)N5c7ccccc7C[C@H]5CN6)cc(N(CCOCCOCCOC)CC(C)(C)S)c4)c(OC)cc3C(=O)N12. The molecule has 17 nitrogen and oxygen atoms in total. The molecule has 0 bridgehead atoms. The number of carbonyl (C=O) groups excluding carboxylic acids is 2. The second-order valence-corrected chi connectivity index (χ2v) is 21.6. The van der Waals surface area contributed by atoms with Gasteiger partial charge in [0, 0.05) is 60.7 Å². The zero-order chi connectivity index (χ0) is 52.0. The van der Waals surface area contributed by atoms with E-state index in [1.807, 2.05) is 68.1 Å². The Morgan fingerprint density at radius 2 is 1.44 bits per heavy atom. The van der Waals surface area contributed by atoms with E-state index in [0.717, 1.165) is 34.5 Å². The third-order valence-corrected chi connectivity index (χ3v) is 14.3. The van der Waals surface area contributed by atoms with Crippen molar-refractivity contribution in [2.45, 2.75) is 69.0 Å². The number of anilines is 4. The van der Waals surface area contributed by atoms with Crippen molar-refractivity contribution in [2.75, 3.05) is 94.4 Å². The average Bonchev–Trinajstić information content (AvgIpc) is 3.85. The van der Waals surface area contributed by atoms with E-state index in [9.17, 15) is 22.6 Å². The molecule has 4 aliphatic heterocycles. The molecule has 4 aromatic carbocycles. The van der Waals surface area contributed by atoms with Crippen LogP contribution in [0.3, 0.4) is 0 Å². The number of fused-ring (bicyclic) bond motifs is 6. The molecule has 1 unspecified atom stereocenters. The van der Waals surface area contributed by atoms with Crippen molar-refractivity contribution >= 4 is 57.3 Å². The van der Waals surface area contributed by atoms with Crippen molar-refractivity contribution in [3.8, 4) is 23.0 Å². The van der Waals surface area contributed by atoms with E-state index >= 15 is 0 Å². The molecule has 3 atom stereocenters. The summed E-state index contributed by atoms with van der Waals surface area (Å²) in [6.07, 6.45) is 6.02. The van der Waals surface area contributed by atoms with Gasteiger partial charge in [-0.25, -0.2) is 0 Å². The van der Waals surface area contributed by atoms with Crippen LogP contribution in [0.2, 0.25) is 0 Å². The number of carbonyl (C=O) groups is 2. The fourth-order valence-electron chi connectivity index (χ4n) is 9.85. The monoisotopic (exact) mass is 1040 g/mol. The van der Waals surface area contributed by atoms with Crippen LogP contribution in [0.5, 0.6) is 23.0 Å². The van der Waals surface area contributed by atoms with Crippen molar-refractivity contribution in [1.29, 1.82) is 0 Å². The van der Waals surface area contributed by atoms with E-state index in [1.54, 1.807) is 32.4 Å². The predicted molar refractivity (Wildman–Crippen MR) is 285 cm³/mol. The van der Waals surface area contributed by atoms with Crippen LogP contribution in [0.4, 0.5) is 22.7 Å². The minimum absolute atomic E-state index is 0.00110. The number of nitrogens with one attached hydrogen (secondary N) is 2. The largest absolute Gasteiger partial charge is 0.493 e. The summed E-state index contributed by atoms with van der Waals surface area (Å²) in [6, 6.07) is 19.5. The van der Waals surface area contributed by atoms with Crippen LogP contribution in [0.15, 0.2) is 103 Å². The van der Waals surface area contributed by atoms with Gasteiger partial charge in [-0.3, -0.25) is 14.1 Å². The van der Waals surface area contributed by atoms with E-state index < -0.39 is 32.2 Å². The maximum atomic E-state index is 14.4. The van der Waals surface area contributed by atoms with Gasteiger partial charge in [-0.1, -0.05) is 36.9 Å². The number of methoxy groups -OCH3 is 3. The van der Waals surface area contributed by atoms with Gasteiger partial charge in [-0.05, 0) is 98.4 Å². The second kappa shape index (κ2) is 22.9. The Bertz CT molecular complexity index is 2880. The molecule has 4 aromatic rings. The molecule has 0 aromatic heterocycles. The average molecular weight is 1040 g/mol. The number of ether oxygens (including phenoxy) is 7. The van der Waals surface area contributed by atoms with E-state index in [2.05, 4.69) is 28.2 Å². The first kappa shape index (κ1) is 53.1. The highest BCUT2D eigenvalue weighted by molar-refractivity contribution is 7.86. The second-order valence-electron chi connectivity index (χ2n) is 18.8. The highest BCUT2D eigenvalue weighted by atomic mass is 32.2. The summed E-state index contributed by atoms with van der Waals surface area (Å²) in [5.74, 6) is 0.666. The number of benzene rings is 4. The Balaban J connectivity index is 1.10. The Labute approximate surface area is 433 Å². The Kier molecular flexibility index (Phi) is 16.7. The number of amides is 2. The van der Waals surface area contributed by atoms with Crippen LogP contribution in [0, 0.1) is 0 Å². The molecular formula is C54H65N5O12S2. The number of hydrogen-bond acceptors (Lipinski definition) is 15. The van der Waals surface area contributed by atoms with Crippen molar-refractivity contribution in [3.05, 3.63) is 131 Å². The van der Waals surface area contributed by atoms with Crippen molar-refractivity contribution in [3.63, 3.8) is 0 Å². The molecule has 3 N–H and O–H groups in total. The topological polar surface area (TPSA) is 187 Å². The molecule has 0 radical (unpaired) electrons. The molecular weight excluding hydrogens is 975 g/mol. The van der Waals surface area contributed by atoms with E-state index in [-0.39, 0.29) is 54.3 Å². The highest BCUT2D eigenvalue weighted by Gasteiger charge is 2.47. The normalized spacial score (nSPS) is 18.2. The minimum Gasteiger partial charge on any atom is -0.493 e. The molecule has 0 aliphatic carbocycles. The lowest BCUT2D eigenvalue weighted by Crippen LogP contribution is -2.47. The van der Waals surface area contributed by atoms with Crippen LogP contribution < -0.4 is 39.4 Å². The number of hydrogen-bond donors (Lipinski definition) is 4. The maximum absolute atomic E-state index is 14.4. The van der Waals surface area contributed by atoms with Gasteiger partial charge in [0.25, 0.3) is 21.9 Å². The zero-order valence-electron chi connectivity index (χ0n) is 42.1. The molecule has 0 saturated heterocycles. The van der Waals surface area contributed by atoms with Crippen LogP contribution in [0.25, 0.3) is 0 Å². The molecule has 8 rings (SSSR count). The summed E-state index contributed by atoms with van der Waals surface area (Å²) < 4.78 is 77.7. The summed E-state index contributed by atoms with van der Waals surface area (Å²) in [4.78, 5) is 34.0. The summed E-state index contributed by atoms with van der Waals surface area (Å²) in [5, 5.41) is 4.89. The molecule has 73 heavy (non-hydrogen) atoms. The number of nitrogens with zero attached hydrogens (tertiary/aromatic N) is 3. The van der Waals surface area contributed by atoms with E-state index in [1.165, 1.54) is 30.2 Å². The van der Waals surface area contributed by atoms with Gasteiger partial charge in [0.1, 0.15) is 13.2 Å². The van der Waals surface area contributed by atoms with Crippen LogP contribution >= 0.6 is 12.6 Å². The fraction of sp³-hybridized carbons (Fsp3) is 0.407. The first-order chi connectivity index (χ1) is 35.0. The lowest BCUT2D eigenvalue weighted by atomic mass is 10.1. The molecule has 19 heteroatoms. The maximum Gasteiger partial charge on any atom is 0.288 e. The van der Waals surface area contributed by atoms with Gasteiger partial charge in [-0.15, -0.1) is 0 Å². The Morgan fingerprint density at radius 3 is 2.05 bits per heavy atom. The predicted octanol–water partition coefficient (Wildman–Crippen LogP) is 7.92. The van der Waals surface area contributed by atoms with Crippen molar-refractivity contribution in [2.24, 2.45) is 0 Å². The lowest BCUT2D eigenvalue weighted by molar-refractivity contribution is 0.0264. The van der Waals surface area contributed by atoms with Gasteiger partial charge in [0.15, 0.2) is 28.4 Å². The van der Waals surface area contributed by atoms with Crippen LogP contribution in [-0.4, -0.2) is 126 Å². The Hall–Kier alpha value is -6.22. The van der Waals surface area contributed by atoms with Gasteiger partial charge in [-0.2, -0.15) is 21.0 Å². The zero-order valence-corrected chi connectivity index (χ0v) is 43.9. The summed E-state index contributed by atoms with van der Waals surface area (Å²) in [6.45, 7) is 13.7. The van der Waals surface area contributed by atoms with Gasteiger partial charge < -0.3 is 58.5 Å². The molecule has 0 fully saturated rings. The number of thiol groups is 1. The first-order valence-corrected chi connectivity index (χ1v) is 26.1. The summed E-state index contributed by atoms with van der Waals surface area (Å²) >= 11 is 4.92. The first-order valence-electron chi connectivity index (χ1n) is 24.2. The van der Waals surface area contributed by atoms with Crippen molar-refractivity contribution in [1.82, 2.24) is 4.90 Å². The quantitative estimate of drug-likeness (QED) is 0.0319. The van der Waals surface area contributed by atoms with Crippen LogP contribution in [0.1, 0.15) is 64.6 Å². The lowest BCUT2D eigenvalue weighted by Gasteiger charge is -2.32. The Morgan fingerprint density at radius 1 is 0.822 bits per heavy atom. The molecule has 4 aliphatic rings. The third-order valence-electron chi connectivity index (χ3n) is 13.1. The summed E-state index contributed by atoms with van der Waals surface area (Å²) in [7, 11) is -0.131. The van der Waals surface area contributed by atoms with Crippen molar-refractivity contribution < 1.29 is 55.7 Å². The minimum atomic E-state index is -4.75. The van der Waals surface area contributed by atoms with E-state index in [4.69, 9.17) is 45.8 Å². The number of para-hydroxylation sites is 1. The molecule has 0 spiro atoms. The molecule has 390 valence electrons. The molecule has 4 heterocycles. The standard InChI is InChI=1S/C54H65N5O12S2/c1-8-12-36-25-46-51(73(62,63)64)56-43-29-50(48(67-7)27-41(43)53(61)59(46)44(36)9-2)71-32-35-21-34(22-38(23-35)57(33-54(3,4)72)15-16-68-19-20-69-18-17-65-5)31-70-49-28-42-40(26-47(49)66-6)52(60)58-39(30-55-42)24-37-13-10-11-14-45(37)58/h8-14,21-23,26-29,39,46,51,55-56,72H,2,15-20,24-25,30-33H2,1,3-7H3,(H,62,63,64)/b12-8-/t39-,46-,51?/m0/s1. The molecule has 0 saturated carbocycles. The van der Waals surface area contributed by atoms with Crippen LogP contribution in [-0.2, 0) is 44.0 Å². The van der Waals surface area contributed by atoms with Gasteiger partial charge in [0.05, 0.1) is 81.8 Å². The third kappa shape index (κ3) is 11.9. The van der Waals surface area contributed by atoms with E-state index in [0.29, 0.717) is 86.7 Å². The summed E-state index contributed by atoms with van der Waals surface area (Å²) in [5.41, 5.74) is 6.95. The number of allylic oxidation sites excluding steroid dienone is 3. The highest BCUT2D eigenvalue weighted by Crippen LogP contribution is 2.44. The van der Waals surface area contributed by atoms with Gasteiger partial charge >= 0.3 is 0 Å².